The minimum Gasteiger partial charge on any atom is -0.355 e. The maximum absolute atomic E-state index is 13.1. The lowest BCUT2D eigenvalue weighted by atomic mass is 10.00. The zero-order valence-corrected chi connectivity index (χ0v) is 12.3. The van der Waals surface area contributed by atoms with Gasteiger partial charge in [0.1, 0.15) is 5.82 Å². The van der Waals surface area contributed by atoms with Crippen LogP contribution in [-0.4, -0.2) is 25.5 Å². The van der Waals surface area contributed by atoms with Crippen molar-refractivity contribution in [2.45, 2.75) is 19.3 Å². The van der Waals surface area contributed by atoms with Crippen LogP contribution in [0.4, 0.5) is 4.39 Å². The van der Waals surface area contributed by atoms with Crippen LogP contribution in [0.15, 0.2) is 22.7 Å². The first kappa shape index (κ1) is 14.5. The van der Waals surface area contributed by atoms with Gasteiger partial charge in [-0.25, -0.2) is 4.39 Å². The second-order valence-corrected chi connectivity index (χ2v) is 5.80. The van der Waals surface area contributed by atoms with Crippen LogP contribution in [0.2, 0.25) is 0 Å². The van der Waals surface area contributed by atoms with Gasteiger partial charge in [0.15, 0.2) is 0 Å². The van der Waals surface area contributed by atoms with Gasteiger partial charge in [0.25, 0.3) is 0 Å². The molecule has 0 bridgehead atoms. The molecule has 3 nitrogen and oxygen atoms in total. The molecule has 0 radical (unpaired) electrons. The number of rotatable bonds is 4. The van der Waals surface area contributed by atoms with Crippen molar-refractivity contribution in [2.24, 2.45) is 5.92 Å². The molecule has 1 fully saturated rings. The standard InChI is InChI=1S/C14H18BrFN2O/c15-12-6-10(3-4-13(12)16)7-14(19)18-9-11-2-1-5-17-8-11/h3-4,6,11,17H,1-2,5,7-9H2,(H,18,19)/t11-/m0/s1. The SMILES string of the molecule is O=C(Cc1ccc(F)c(Br)c1)NC[C@H]1CCCNC1. The molecule has 104 valence electrons. The number of amides is 1. The highest BCUT2D eigenvalue weighted by Crippen LogP contribution is 2.17. The van der Waals surface area contributed by atoms with E-state index in [0.29, 0.717) is 23.4 Å². The van der Waals surface area contributed by atoms with E-state index in [1.165, 1.54) is 12.5 Å². The molecule has 1 aliphatic heterocycles. The average molecular weight is 329 g/mol. The van der Waals surface area contributed by atoms with Crippen molar-refractivity contribution in [3.05, 3.63) is 34.1 Å². The zero-order chi connectivity index (χ0) is 13.7. The van der Waals surface area contributed by atoms with Gasteiger partial charge in [0.05, 0.1) is 10.9 Å². The smallest absolute Gasteiger partial charge is 0.224 e. The van der Waals surface area contributed by atoms with Gasteiger partial charge in [-0.1, -0.05) is 6.07 Å². The monoisotopic (exact) mass is 328 g/mol. The molecule has 1 atom stereocenters. The molecule has 0 unspecified atom stereocenters. The molecule has 1 aliphatic rings. The predicted octanol–water partition coefficient (Wildman–Crippen LogP) is 2.25. The third kappa shape index (κ3) is 4.58. The van der Waals surface area contributed by atoms with E-state index in [2.05, 4.69) is 26.6 Å². The fourth-order valence-corrected chi connectivity index (χ4v) is 2.68. The van der Waals surface area contributed by atoms with Crippen LogP contribution in [0.3, 0.4) is 0 Å². The Morgan fingerprint density at radius 2 is 2.37 bits per heavy atom. The van der Waals surface area contributed by atoms with Crippen LogP contribution >= 0.6 is 15.9 Å². The Hall–Kier alpha value is -0.940. The summed E-state index contributed by atoms with van der Waals surface area (Å²) >= 11 is 3.12. The molecule has 2 N–H and O–H groups in total. The summed E-state index contributed by atoms with van der Waals surface area (Å²) in [5.41, 5.74) is 0.813. The Balaban J connectivity index is 1.78. The normalized spacial score (nSPS) is 19.2. The number of benzene rings is 1. The molecular weight excluding hydrogens is 311 g/mol. The Morgan fingerprint density at radius 1 is 1.53 bits per heavy atom. The quantitative estimate of drug-likeness (QED) is 0.890. The summed E-state index contributed by atoms with van der Waals surface area (Å²) in [6.07, 6.45) is 2.62. The maximum Gasteiger partial charge on any atom is 0.224 e. The van der Waals surface area contributed by atoms with Crippen LogP contribution in [0.1, 0.15) is 18.4 Å². The number of nitrogens with one attached hydrogen (secondary N) is 2. The van der Waals surface area contributed by atoms with Crippen LogP contribution < -0.4 is 10.6 Å². The molecule has 0 aliphatic carbocycles. The summed E-state index contributed by atoms with van der Waals surface area (Å²) in [7, 11) is 0. The van der Waals surface area contributed by atoms with Crippen molar-refractivity contribution in [2.75, 3.05) is 19.6 Å². The van der Waals surface area contributed by atoms with E-state index in [-0.39, 0.29) is 11.7 Å². The molecular formula is C14H18BrFN2O. The average Bonchev–Trinajstić information content (AvgIpc) is 2.42. The Labute approximate surface area is 121 Å². The predicted molar refractivity (Wildman–Crippen MR) is 76.4 cm³/mol. The molecule has 1 saturated heterocycles. The summed E-state index contributed by atoms with van der Waals surface area (Å²) in [5.74, 6) is 0.208. The molecule has 2 rings (SSSR count). The van der Waals surface area contributed by atoms with Crippen LogP contribution in [-0.2, 0) is 11.2 Å². The number of hydrogen-bond donors (Lipinski definition) is 2. The number of halogens is 2. The van der Waals surface area contributed by atoms with Gasteiger partial charge in [-0.2, -0.15) is 0 Å². The van der Waals surface area contributed by atoms with E-state index < -0.39 is 0 Å². The van der Waals surface area contributed by atoms with Crippen molar-refractivity contribution in [1.82, 2.24) is 10.6 Å². The molecule has 1 heterocycles. The Bertz CT molecular complexity index is 447. The molecule has 1 aromatic carbocycles. The van der Waals surface area contributed by atoms with Gasteiger partial charge < -0.3 is 10.6 Å². The summed E-state index contributed by atoms with van der Waals surface area (Å²) in [6, 6.07) is 4.66. The topological polar surface area (TPSA) is 41.1 Å². The van der Waals surface area contributed by atoms with Crippen LogP contribution in [0.25, 0.3) is 0 Å². The third-order valence-corrected chi connectivity index (χ3v) is 3.94. The highest BCUT2D eigenvalue weighted by atomic mass is 79.9. The molecule has 19 heavy (non-hydrogen) atoms. The molecule has 0 aromatic heterocycles. The van der Waals surface area contributed by atoms with Gasteiger partial charge in [-0.05, 0) is 65.5 Å². The van der Waals surface area contributed by atoms with Crippen molar-refractivity contribution in [3.63, 3.8) is 0 Å². The Kier molecular flexibility index (Phi) is 5.34. The zero-order valence-electron chi connectivity index (χ0n) is 10.7. The minimum atomic E-state index is -0.308. The van der Waals surface area contributed by atoms with E-state index in [1.807, 2.05) is 0 Å². The van der Waals surface area contributed by atoms with Crippen molar-refractivity contribution in [1.29, 1.82) is 0 Å². The maximum atomic E-state index is 13.1. The van der Waals surface area contributed by atoms with E-state index in [0.717, 1.165) is 25.1 Å². The highest BCUT2D eigenvalue weighted by Gasteiger charge is 2.14. The van der Waals surface area contributed by atoms with E-state index in [1.54, 1.807) is 12.1 Å². The van der Waals surface area contributed by atoms with Crippen LogP contribution in [0.5, 0.6) is 0 Å². The first-order chi connectivity index (χ1) is 9.15. The largest absolute Gasteiger partial charge is 0.355 e. The van der Waals surface area contributed by atoms with E-state index >= 15 is 0 Å². The van der Waals surface area contributed by atoms with Gasteiger partial charge in [0.2, 0.25) is 5.91 Å². The number of carbonyl (C=O) groups excluding carboxylic acids is 1. The van der Waals surface area contributed by atoms with Crippen molar-refractivity contribution in [3.8, 4) is 0 Å². The number of piperidine rings is 1. The van der Waals surface area contributed by atoms with Crippen molar-refractivity contribution < 1.29 is 9.18 Å². The minimum absolute atomic E-state index is 0.0101. The molecule has 5 heteroatoms. The van der Waals surface area contributed by atoms with E-state index in [4.69, 9.17) is 0 Å². The lowest BCUT2D eigenvalue weighted by molar-refractivity contribution is -0.120. The first-order valence-electron chi connectivity index (χ1n) is 6.56. The fourth-order valence-electron chi connectivity index (χ4n) is 2.25. The lowest BCUT2D eigenvalue weighted by Gasteiger charge is -2.22. The van der Waals surface area contributed by atoms with Gasteiger partial charge in [-0.3, -0.25) is 4.79 Å². The second kappa shape index (κ2) is 7.01. The van der Waals surface area contributed by atoms with Gasteiger partial charge in [-0.15, -0.1) is 0 Å². The Morgan fingerprint density at radius 3 is 3.05 bits per heavy atom. The van der Waals surface area contributed by atoms with E-state index in [9.17, 15) is 9.18 Å². The molecule has 1 amide bonds. The summed E-state index contributed by atoms with van der Waals surface area (Å²) in [4.78, 5) is 11.8. The summed E-state index contributed by atoms with van der Waals surface area (Å²) in [5, 5.41) is 6.27. The fraction of sp³-hybridized carbons (Fsp3) is 0.500. The first-order valence-corrected chi connectivity index (χ1v) is 7.36. The molecule has 0 saturated carbocycles. The molecule has 1 aromatic rings. The summed E-state index contributed by atoms with van der Waals surface area (Å²) < 4.78 is 13.5. The van der Waals surface area contributed by atoms with Gasteiger partial charge >= 0.3 is 0 Å². The second-order valence-electron chi connectivity index (χ2n) is 4.94. The van der Waals surface area contributed by atoms with Crippen molar-refractivity contribution >= 4 is 21.8 Å². The van der Waals surface area contributed by atoms with Crippen LogP contribution in [0, 0.1) is 11.7 Å². The third-order valence-electron chi connectivity index (χ3n) is 3.34. The highest BCUT2D eigenvalue weighted by molar-refractivity contribution is 9.10. The molecule has 0 spiro atoms. The summed E-state index contributed by atoms with van der Waals surface area (Å²) in [6.45, 7) is 2.77. The lowest BCUT2D eigenvalue weighted by Crippen LogP contribution is -2.38. The number of carbonyl (C=O) groups is 1. The van der Waals surface area contributed by atoms with Gasteiger partial charge in [0, 0.05) is 6.54 Å². The number of hydrogen-bond acceptors (Lipinski definition) is 2.